The van der Waals surface area contributed by atoms with E-state index in [0.29, 0.717) is 13.1 Å². The second-order valence-electron chi connectivity index (χ2n) is 7.53. The van der Waals surface area contributed by atoms with E-state index >= 15 is 0 Å². The molecule has 0 atom stereocenters. The van der Waals surface area contributed by atoms with E-state index in [1.807, 2.05) is 48.5 Å². The molecule has 0 saturated heterocycles. The molecule has 1 N–H and O–H groups in total. The van der Waals surface area contributed by atoms with Gasteiger partial charge in [-0.1, -0.05) is 60.7 Å². The summed E-state index contributed by atoms with van der Waals surface area (Å²) in [6.45, 7) is 2.10. The summed E-state index contributed by atoms with van der Waals surface area (Å²) < 4.78 is 1.80. The van der Waals surface area contributed by atoms with E-state index in [0.717, 1.165) is 41.5 Å². The largest absolute Gasteiger partial charge is 0.368 e. The van der Waals surface area contributed by atoms with Crippen molar-refractivity contribution in [1.82, 2.24) is 14.5 Å². The van der Waals surface area contributed by atoms with Crippen molar-refractivity contribution in [2.24, 2.45) is 0 Å². The van der Waals surface area contributed by atoms with Gasteiger partial charge in [-0.15, -0.1) is 0 Å². The lowest BCUT2D eigenvalue weighted by atomic mass is 10.1. The van der Waals surface area contributed by atoms with Gasteiger partial charge in [0.15, 0.2) is 5.82 Å². The molecule has 0 fully saturated rings. The highest BCUT2D eigenvalue weighted by molar-refractivity contribution is 5.70. The fourth-order valence-corrected chi connectivity index (χ4v) is 3.93. The van der Waals surface area contributed by atoms with Crippen molar-refractivity contribution in [3.63, 3.8) is 0 Å². The standard InChI is InChI=1S/C25H23N5O/c31-25-16-21(20-9-5-2-6-10-20)15-24-29(13-14-30(24)25)23-18-26-17-22(28-23)27-12-11-19-7-3-1-4-8-19/h1-10,15-18H,11-14H2,(H,27,28). The molecule has 2 aromatic carbocycles. The normalized spacial score (nSPS) is 12.6. The number of hydrogen-bond acceptors (Lipinski definition) is 5. The SMILES string of the molecule is O=c1cc(-c2ccccc2)cc2n1CCN2c1cncc(NCCc2ccccc2)n1. The average molecular weight is 409 g/mol. The van der Waals surface area contributed by atoms with Gasteiger partial charge in [0.25, 0.3) is 5.56 Å². The topological polar surface area (TPSA) is 63.1 Å². The molecule has 31 heavy (non-hydrogen) atoms. The summed E-state index contributed by atoms with van der Waals surface area (Å²) in [7, 11) is 0. The van der Waals surface area contributed by atoms with Crippen molar-refractivity contribution in [2.75, 3.05) is 23.3 Å². The van der Waals surface area contributed by atoms with Crippen LogP contribution in [0, 0.1) is 0 Å². The summed E-state index contributed by atoms with van der Waals surface area (Å²) in [5, 5.41) is 3.36. The summed E-state index contributed by atoms with van der Waals surface area (Å²) in [6.07, 6.45) is 4.39. The van der Waals surface area contributed by atoms with Gasteiger partial charge in [-0.2, -0.15) is 0 Å². The molecule has 6 heteroatoms. The van der Waals surface area contributed by atoms with E-state index in [4.69, 9.17) is 4.98 Å². The van der Waals surface area contributed by atoms with Crippen LogP contribution in [0.15, 0.2) is 90.0 Å². The summed E-state index contributed by atoms with van der Waals surface area (Å²) in [5.41, 5.74) is 3.22. The highest BCUT2D eigenvalue weighted by Gasteiger charge is 2.23. The third-order valence-corrected chi connectivity index (χ3v) is 5.50. The van der Waals surface area contributed by atoms with Crippen molar-refractivity contribution in [1.29, 1.82) is 0 Å². The second kappa shape index (κ2) is 8.44. The molecule has 0 radical (unpaired) electrons. The van der Waals surface area contributed by atoms with Gasteiger partial charge in [0.1, 0.15) is 11.6 Å². The fraction of sp³-hybridized carbons (Fsp3) is 0.160. The van der Waals surface area contributed by atoms with Crippen LogP contribution in [-0.2, 0) is 13.0 Å². The zero-order valence-electron chi connectivity index (χ0n) is 17.1. The lowest BCUT2D eigenvalue weighted by Crippen LogP contribution is -2.18. The smallest absolute Gasteiger partial charge is 0.252 e. The number of fused-ring (bicyclic) bond motifs is 1. The quantitative estimate of drug-likeness (QED) is 0.519. The van der Waals surface area contributed by atoms with Gasteiger partial charge in [0.2, 0.25) is 0 Å². The minimum Gasteiger partial charge on any atom is -0.368 e. The number of hydrogen-bond donors (Lipinski definition) is 1. The number of nitrogens with zero attached hydrogens (tertiary/aromatic N) is 4. The first-order valence-electron chi connectivity index (χ1n) is 10.5. The Morgan fingerprint density at radius 2 is 1.65 bits per heavy atom. The molecule has 2 aromatic heterocycles. The molecule has 5 rings (SSSR count). The summed E-state index contributed by atoms with van der Waals surface area (Å²) in [6, 6.07) is 24.1. The zero-order valence-corrected chi connectivity index (χ0v) is 17.1. The van der Waals surface area contributed by atoms with Crippen LogP contribution in [-0.4, -0.2) is 27.6 Å². The van der Waals surface area contributed by atoms with Gasteiger partial charge in [-0.05, 0) is 29.2 Å². The fourth-order valence-electron chi connectivity index (χ4n) is 3.93. The van der Waals surface area contributed by atoms with Crippen LogP contribution in [0.1, 0.15) is 5.56 Å². The average Bonchev–Trinajstić information content (AvgIpc) is 3.25. The second-order valence-corrected chi connectivity index (χ2v) is 7.53. The monoisotopic (exact) mass is 409 g/mol. The summed E-state index contributed by atoms with van der Waals surface area (Å²) in [4.78, 5) is 23.9. The van der Waals surface area contributed by atoms with Gasteiger partial charge in [-0.25, -0.2) is 4.98 Å². The Morgan fingerprint density at radius 3 is 2.45 bits per heavy atom. The first kappa shape index (κ1) is 19.1. The minimum absolute atomic E-state index is 0.00366. The highest BCUT2D eigenvalue weighted by atomic mass is 16.1. The highest BCUT2D eigenvalue weighted by Crippen LogP contribution is 2.31. The summed E-state index contributed by atoms with van der Waals surface area (Å²) >= 11 is 0. The number of anilines is 3. The van der Waals surface area contributed by atoms with Gasteiger partial charge in [0.05, 0.1) is 12.4 Å². The van der Waals surface area contributed by atoms with Gasteiger partial charge >= 0.3 is 0 Å². The predicted molar refractivity (Wildman–Crippen MR) is 124 cm³/mol. The van der Waals surface area contributed by atoms with Crippen LogP contribution in [0.2, 0.25) is 0 Å². The van der Waals surface area contributed by atoms with E-state index in [2.05, 4.69) is 33.4 Å². The Balaban J connectivity index is 1.38. The number of benzene rings is 2. The first-order valence-corrected chi connectivity index (χ1v) is 10.5. The Labute approximate surface area is 180 Å². The molecule has 0 spiro atoms. The Kier molecular flexibility index (Phi) is 5.19. The van der Waals surface area contributed by atoms with E-state index < -0.39 is 0 Å². The molecule has 154 valence electrons. The molecular weight excluding hydrogens is 386 g/mol. The number of nitrogens with one attached hydrogen (secondary N) is 1. The van der Waals surface area contributed by atoms with Crippen LogP contribution in [0.25, 0.3) is 11.1 Å². The van der Waals surface area contributed by atoms with Crippen LogP contribution >= 0.6 is 0 Å². The first-order chi connectivity index (χ1) is 15.3. The Hall–Kier alpha value is -3.93. The van der Waals surface area contributed by atoms with Gasteiger partial charge < -0.3 is 10.2 Å². The predicted octanol–water partition coefficient (Wildman–Crippen LogP) is 4.11. The van der Waals surface area contributed by atoms with Crippen LogP contribution in [0.3, 0.4) is 0 Å². The molecule has 4 aromatic rings. The van der Waals surface area contributed by atoms with E-state index in [1.165, 1.54) is 5.56 Å². The van der Waals surface area contributed by atoms with Crippen molar-refractivity contribution in [3.8, 4) is 11.1 Å². The maximum atomic E-state index is 12.7. The molecule has 0 amide bonds. The van der Waals surface area contributed by atoms with E-state index in [9.17, 15) is 4.79 Å². The van der Waals surface area contributed by atoms with Crippen molar-refractivity contribution < 1.29 is 0 Å². The van der Waals surface area contributed by atoms with Crippen LogP contribution in [0.4, 0.5) is 17.5 Å². The molecule has 0 saturated carbocycles. The molecule has 6 nitrogen and oxygen atoms in total. The molecule has 0 aliphatic carbocycles. The molecule has 0 bridgehead atoms. The Morgan fingerprint density at radius 1 is 0.871 bits per heavy atom. The molecular formula is C25H23N5O. The van der Waals surface area contributed by atoms with Crippen LogP contribution in [0.5, 0.6) is 0 Å². The van der Waals surface area contributed by atoms with Gasteiger partial charge in [0, 0.05) is 25.7 Å². The molecule has 1 aliphatic rings. The molecule has 0 unspecified atom stereocenters. The van der Waals surface area contributed by atoms with E-state index in [-0.39, 0.29) is 5.56 Å². The van der Waals surface area contributed by atoms with Gasteiger partial charge in [-0.3, -0.25) is 14.3 Å². The summed E-state index contributed by atoms with van der Waals surface area (Å²) in [5.74, 6) is 2.32. The molecule has 1 aliphatic heterocycles. The lowest BCUT2D eigenvalue weighted by Gasteiger charge is -2.18. The maximum absolute atomic E-state index is 12.7. The number of pyridine rings is 1. The van der Waals surface area contributed by atoms with E-state index in [1.54, 1.807) is 23.0 Å². The third-order valence-electron chi connectivity index (χ3n) is 5.50. The minimum atomic E-state index is 0.00366. The molecule has 3 heterocycles. The lowest BCUT2D eigenvalue weighted by molar-refractivity contribution is 0.766. The Bertz CT molecular complexity index is 1240. The van der Waals surface area contributed by atoms with Crippen molar-refractivity contribution in [3.05, 3.63) is 101 Å². The zero-order chi connectivity index (χ0) is 21.0. The van der Waals surface area contributed by atoms with Crippen molar-refractivity contribution >= 4 is 17.5 Å². The van der Waals surface area contributed by atoms with Crippen molar-refractivity contribution in [2.45, 2.75) is 13.0 Å². The number of rotatable bonds is 6. The third kappa shape index (κ3) is 4.05. The van der Waals surface area contributed by atoms with Crippen LogP contribution < -0.4 is 15.8 Å². The maximum Gasteiger partial charge on any atom is 0.252 e. The number of aromatic nitrogens is 3.